The van der Waals surface area contributed by atoms with Crippen molar-refractivity contribution < 1.29 is 9.21 Å². The van der Waals surface area contributed by atoms with E-state index in [0.717, 1.165) is 25.8 Å². The minimum absolute atomic E-state index is 0.0269. The van der Waals surface area contributed by atoms with E-state index in [1.807, 2.05) is 4.90 Å². The summed E-state index contributed by atoms with van der Waals surface area (Å²) in [7, 11) is 0. The van der Waals surface area contributed by atoms with Crippen molar-refractivity contribution in [2.24, 2.45) is 0 Å². The van der Waals surface area contributed by atoms with Gasteiger partial charge in [0.1, 0.15) is 0 Å². The number of nitrogens with zero attached hydrogens (tertiary/aromatic N) is 1. The Balaban J connectivity index is 1.67. The lowest BCUT2D eigenvalue weighted by atomic mass is 10.3. The number of carbonyl (C=O) groups is 1. The Morgan fingerprint density at radius 1 is 1.39 bits per heavy atom. The van der Waals surface area contributed by atoms with Gasteiger partial charge in [0, 0.05) is 17.5 Å². The summed E-state index contributed by atoms with van der Waals surface area (Å²) >= 11 is 1.74. The normalized spacial score (nSPS) is 14.7. The zero-order chi connectivity index (χ0) is 12.4. The van der Waals surface area contributed by atoms with Crippen LogP contribution in [0.5, 0.6) is 0 Å². The van der Waals surface area contributed by atoms with Crippen molar-refractivity contribution in [3.63, 3.8) is 0 Å². The highest BCUT2D eigenvalue weighted by atomic mass is 32.1. The van der Waals surface area contributed by atoms with E-state index in [1.165, 1.54) is 4.88 Å². The first-order valence-corrected chi connectivity index (χ1v) is 7.09. The summed E-state index contributed by atoms with van der Waals surface area (Å²) < 4.78 is 5.20. The highest BCUT2D eigenvalue weighted by molar-refractivity contribution is 7.09. The quantitative estimate of drug-likeness (QED) is 0.828. The molecule has 2 aromatic rings. The second-order valence-corrected chi connectivity index (χ2v) is 5.57. The van der Waals surface area contributed by atoms with Crippen LogP contribution in [0.2, 0.25) is 0 Å². The van der Waals surface area contributed by atoms with Gasteiger partial charge in [-0.1, -0.05) is 6.07 Å². The third-order valence-electron chi connectivity index (χ3n) is 3.16. The smallest absolute Gasteiger partial charge is 0.289 e. The van der Waals surface area contributed by atoms with E-state index in [2.05, 4.69) is 17.5 Å². The highest BCUT2D eigenvalue weighted by Gasteiger charge is 2.33. The van der Waals surface area contributed by atoms with Gasteiger partial charge in [0.15, 0.2) is 5.76 Å². The SMILES string of the molecule is O=C(c1ccco1)N(CCc1cccs1)C1CC1. The van der Waals surface area contributed by atoms with Gasteiger partial charge in [0.2, 0.25) is 0 Å². The van der Waals surface area contributed by atoms with Crippen LogP contribution in [0.15, 0.2) is 40.3 Å². The molecule has 1 saturated carbocycles. The molecule has 3 rings (SSSR count). The molecular formula is C14H15NO2S. The van der Waals surface area contributed by atoms with Crippen LogP contribution in [0.4, 0.5) is 0 Å². The lowest BCUT2D eigenvalue weighted by Crippen LogP contribution is -2.34. The van der Waals surface area contributed by atoms with Crippen LogP contribution in [-0.4, -0.2) is 23.4 Å². The first kappa shape index (κ1) is 11.5. The molecule has 0 saturated heterocycles. The minimum Gasteiger partial charge on any atom is -0.459 e. The molecule has 2 aromatic heterocycles. The zero-order valence-electron chi connectivity index (χ0n) is 10.0. The molecule has 1 amide bonds. The third kappa shape index (κ3) is 2.48. The summed E-state index contributed by atoms with van der Waals surface area (Å²) in [5.74, 6) is 0.479. The summed E-state index contributed by atoms with van der Waals surface area (Å²) in [6.45, 7) is 0.782. The van der Waals surface area contributed by atoms with E-state index < -0.39 is 0 Å². The van der Waals surface area contributed by atoms with Gasteiger partial charge >= 0.3 is 0 Å². The molecule has 0 unspecified atom stereocenters. The third-order valence-corrected chi connectivity index (χ3v) is 4.10. The molecule has 1 fully saturated rings. The first-order valence-electron chi connectivity index (χ1n) is 6.21. The van der Waals surface area contributed by atoms with Crippen LogP contribution in [0.25, 0.3) is 0 Å². The maximum Gasteiger partial charge on any atom is 0.289 e. The molecule has 0 spiro atoms. The van der Waals surface area contributed by atoms with E-state index in [9.17, 15) is 4.79 Å². The van der Waals surface area contributed by atoms with E-state index in [-0.39, 0.29) is 5.91 Å². The average molecular weight is 261 g/mol. The standard InChI is InChI=1S/C14H15NO2S/c16-14(13-4-1-9-17-13)15(11-5-6-11)8-7-12-3-2-10-18-12/h1-4,9-11H,5-8H2. The van der Waals surface area contributed by atoms with Gasteiger partial charge < -0.3 is 9.32 Å². The number of hydrogen-bond donors (Lipinski definition) is 0. The molecule has 3 nitrogen and oxygen atoms in total. The van der Waals surface area contributed by atoms with Crippen molar-refractivity contribution in [3.05, 3.63) is 46.5 Å². The summed E-state index contributed by atoms with van der Waals surface area (Å²) in [5.41, 5.74) is 0. The molecule has 0 bridgehead atoms. The van der Waals surface area contributed by atoms with Crippen molar-refractivity contribution in [2.45, 2.75) is 25.3 Å². The average Bonchev–Trinajstić information content (AvgIpc) is 2.89. The predicted octanol–water partition coefficient (Wildman–Crippen LogP) is 3.19. The highest BCUT2D eigenvalue weighted by Crippen LogP contribution is 2.28. The van der Waals surface area contributed by atoms with E-state index in [0.29, 0.717) is 11.8 Å². The lowest BCUT2D eigenvalue weighted by molar-refractivity contribution is 0.0713. The van der Waals surface area contributed by atoms with E-state index in [4.69, 9.17) is 4.42 Å². The van der Waals surface area contributed by atoms with Gasteiger partial charge in [0.05, 0.1) is 6.26 Å². The molecule has 0 N–H and O–H groups in total. The molecule has 94 valence electrons. The van der Waals surface area contributed by atoms with Crippen LogP contribution in [-0.2, 0) is 6.42 Å². The molecule has 0 radical (unpaired) electrons. The fourth-order valence-corrected chi connectivity index (χ4v) is 2.76. The van der Waals surface area contributed by atoms with Crippen molar-refractivity contribution in [3.8, 4) is 0 Å². The molecule has 0 aromatic carbocycles. The zero-order valence-corrected chi connectivity index (χ0v) is 10.9. The number of thiophene rings is 1. The largest absolute Gasteiger partial charge is 0.459 e. The second-order valence-electron chi connectivity index (χ2n) is 4.54. The van der Waals surface area contributed by atoms with Gasteiger partial charge in [0.25, 0.3) is 5.91 Å². The van der Waals surface area contributed by atoms with Crippen molar-refractivity contribution >= 4 is 17.2 Å². The Bertz CT molecular complexity index is 500. The Morgan fingerprint density at radius 3 is 2.89 bits per heavy atom. The molecular weight excluding hydrogens is 246 g/mol. The molecule has 2 heterocycles. The maximum atomic E-state index is 12.3. The molecule has 0 aliphatic heterocycles. The maximum absolute atomic E-state index is 12.3. The topological polar surface area (TPSA) is 33.5 Å². The Labute approximate surface area is 110 Å². The monoisotopic (exact) mass is 261 g/mol. The van der Waals surface area contributed by atoms with E-state index in [1.54, 1.807) is 29.7 Å². The Morgan fingerprint density at radius 2 is 2.28 bits per heavy atom. The Kier molecular flexibility index (Phi) is 3.19. The van der Waals surface area contributed by atoms with Gasteiger partial charge in [-0.25, -0.2) is 0 Å². The second kappa shape index (κ2) is 4.98. The number of carbonyl (C=O) groups excluding carboxylic acids is 1. The number of rotatable bonds is 5. The van der Waals surface area contributed by atoms with Gasteiger partial charge in [-0.3, -0.25) is 4.79 Å². The molecule has 1 aliphatic rings. The summed E-state index contributed by atoms with van der Waals surface area (Å²) in [5, 5.41) is 2.07. The number of hydrogen-bond acceptors (Lipinski definition) is 3. The van der Waals surface area contributed by atoms with Crippen LogP contribution < -0.4 is 0 Å². The summed E-state index contributed by atoms with van der Waals surface area (Å²) in [6.07, 6.45) is 4.73. The van der Waals surface area contributed by atoms with Crippen LogP contribution in [0.3, 0.4) is 0 Å². The first-order chi connectivity index (χ1) is 8.84. The molecule has 0 atom stereocenters. The number of amides is 1. The van der Waals surface area contributed by atoms with Crippen molar-refractivity contribution in [1.82, 2.24) is 4.90 Å². The van der Waals surface area contributed by atoms with Gasteiger partial charge in [-0.15, -0.1) is 11.3 Å². The fraction of sp³-hybridized carbons (Fsp3) is 0.357. The van der Waals surface area contributed by atoms with E-state index >= 15 is 0 Å². The van der Waals surface area contributed by atoms with Gasteiger partial charge in [-0.05, 0) is 42.8 Å². The van der Waals surface area contributed by atoms with Crippen LogP contribution in [0.1, 0.15) is 28.3 Å². The van der Waals surface area contributed by atoms with Crippen LogP contribution >= 0.6 is 11.3 Å². The Hall–Kier alpha value is -1.55. The summed E-state index contributed by atoms with van der Waals surface area (Å²) in [4.78, 5) is 15.6. The fourth-order valence-electron chi connectivity index (χ4n) is 2.06. The lowest BCUT2D eigenvalue weighted by Gasteiger charge is -2.20. The van der Waals surface area contributed by atoms with Crippen molar-refractivity contribution in [1.29, 1.82) is 0 Å². The molecule has 18 heavy (non-hydrogen) atoms. The van der Waals surface area contributed by atoms with Crippen LogP contribution in [0, 0.1) is 0 Å². The van der Waals surface area contributed by atoms with Crippen molar-refractivity contribution in [2.75, 3.05) is 6.54 Å². The number of furan rings is 1. The minimum atomic E-state index is 0.0269. The van der Waals surface area contributed by atoms with Gasteiger partial charge in [-0.2, -0.15) is 0 Å². The molecule has 1 aliphatic carbocycles. The molecule has 4 heteroatoms. The summed E-state index contributed by atoms with van der Waals surface area (Å²) in [6, 6.07) is 8.09. The predicted molar refractivity (Wildman–Crippen MR) is 70.8 cm³/mol.